The lowest BCUT2D eigenvalue weighted by Gasteiger charge is -2.54. The van der Waals surface area contributed by atoms with E-state index in [9.17, 15) is 4.79 Å². The Balaban J connectivity index is 1.34. The van der Waals surface area contributed by atoms with Crippen LogP contribution in [-0.4, -0.2) is 15.9 Å². The summed E-state index contributed by atoms with van der Waals surface area (Å²) in [4.78, 5) is 20.8. The summed E-state index contributed by atoms with van der Waals surface area (Å²) in [5.74, 6) is 0.648. The van der Waals surface area contributed by atoms with Crippen molar-refractivity contribution in [3.05, 3.63) is 54.4 Å². The minimum Gasteiger partial charge on any atom is -0.420 e. The molecule has 0 radical (unpaired) electrons. The van der Waals surface area contributed by atoms with Crippen molar-refractivity contribution in [2.24, 2.45) is 5.41 Å². The number of rotatable bonds is 10. The van der Waals surface area contributed by atoms with Crippen LogP contribution in [0, 0.1) is 5.41 Å². The first-order valence-corrected chi connectivity index (χ1v) is 12.9. The second-order valence-electron chi connectivity index (χ2n) is 10.2. The summed E-state index contributed by atoms with van der Waals surface area (Å²) in [5.41, 5.74) is 3.49. The van der Waals surface area contributed by atoms with Crippen LogP contribution in [0.5, 0.6) is 5.75 Å². The van der Waals surface area contributed by atoms with Gasteiger partial charge in [0.2, 0.25) is 0 Å². The van der Waals surface area contributed by atoms with E-state index in [-0.39, 0.29) is 5.97 Å². The highest BCUT2D eigenvalue weighted by molar-refractivity contribution is 5.83. The Bertz CT molecular complexity index is 922. The number of hydrogen-bond donors (Lipinski definition) is 0. The van der Waals surface area contributed by atoms with E-state index in [1.807, 2.05) is 6.08 Å². The molecular formula is C29H38N2O2. The molecule has 0 spiro atoms. The molecule has 0 saturated heterocycles. The molecule has 5 rings (SSSR count). The lowest BCUT2D eigenvalue weighted by atomic mass is 9.51. The molecule has 4 nitrogen and oxygen atoms in total. The van der Waals surface area contributed by atoms with E-state index in [0.29, 0.717) is 22.4 Å². The molecule has 1 aromatic heterocycles. The van der Waals surface area contributed by atoms with Crippen molar-refractivity contribution in [1.29, 1.82) is 0 Å². The summed E-state index contributed by atoms with van der Waals surface area (Å²) in [6.07, 6.45) is 21.7. The Morgan fingerprint density at radius 2 is 1.61 bits per heavy atom. The number of ether oxygens (including phenoxy) is 1. The largest absolute Gasteiger partial charge is 0.420 e. The highest BCUT2D eigenvalue weighted by Gasteiger charge is 2.48. The maximum atomic E-state index is 11.9. The number of unbranched alkanes of at least 4 members (excludes halogenated alkanes) is 3. The van der Waals surface area contributed by atoms with E-state index in [1.165, 1.54) is 75.8 Å². The van der Waals surface area contributed by atoms with Crippen molar-refractivity contribution < 1.29 is 9.53 Å². The van der Waals surface area contributed by atoms with E-state index >= 15 is 0 Å². The van der Waals surface area contributed by atoms with Crippen LogP contribution in [0.1, 0.15) is 96.5 Å². The summed E-state index contributed by atoms with van der Waals surface area (Å²) in [6.45, 7) is 4.49. The Morgan fingerprint density at radius 1 is 0.939 bits per heavy atom. The van der Waals surface area contributed by atoms with Crippen LogP contribution in [0.15, 0.2) is 48.8 Å². The van der Waals surface area contributed by atoms with Gasteiger partial charge in [0.1, 0.15) is 0 Å². The number of carbonyl (C=O) groups is 1. The molecule has 0 N–H and O–H groups in total. The molecule has 176 valence electrons. The van der Waals surface area contributed by atoms with Gasteiger partial charge in [-0.1, -0.05) is 63.5 Å². The number of nitrogens with zero attached hydrogens (tertiary/aromatic N) is 2. The van der Waals surface area contributed by atoms with Gasteiger partial charge < -0.3 is 4.74 Å². The second-order valence-corrected chi connectivity index (χ2v) is 10.2. The van der Waals surface area contributed by atoms with Crippen LogP contribution in [0.4, 0.5) is 0 Å². The van der Waals surface area contributed by atoms with Gasteiger partial charge in [-0.05, 0) is 74.2 Å². The normalized spacial score (nSPS) is 24.3. The van der Waals surface area contributed by atoms with Gasteiger partial charge in [0.15, 0.2) is 11.6 Å². The zero-order chi connectivity index (χ0) is 23.2. The number of benzene rings is 1. The summed E-state index contributed by atoms with van der Waals surface area (Å²) in [6, 6.07) is 8.86. The molecule has 0 amide bonds. The SMILES string of the molecule is CCCCC/C=C/C(=O)Oc1cnc(-c2ccc(C34CCC(CCC)(CC3)CC4)cc2)nc1. The molecule has 3 aliphatic carbocycles. The second kappa shape index (κ2) is 10.6. The first-order valence-electron chi connectivity index (χ1n) is 12.9. The standard InChI is InChI=1S/C29H38N2O2/c1-3-5-6-7-8-9-26(32)33-25-21-30-27(31-22-25)23-10-12-24(13-11-23)29-18-15-28(14-4-2,16-19-29)17-20-29/h8-13,21-22H,3-7,14-20H2,1-2H3/b9-8+. The average molecular weight is 447 g/mol. The van der Waals surface area contributed by atoms with Crippen molar-refractivity contribution >= 4 is 5.97 Å². The summed E-state index contributed by atoms with van der Waals surface area (Å²) >= 11 is 0. The van der Waals surface area contributed by atoms with Crippen LogP contribution in [0.3, 0.4) is 0 Å². The van der Waals surface area contributed by atoms with Gasteiger partial charge in [-0.15, -0.1) is 0 Å². The van der Waals surface area contributed by atoms with Crippen LogP contribution >= 0.6 is 0 Å². The van der Waals surface area contributed by atoms with E-state index in [4.69, 9.17) is 4.74 Å². The number of fused-ring (bicyclic) bond motifs is 3. The lowest BCUT2D eigenvalue weighted by molar-refractivity contribution is -0.129. The number of allylic oxidation sites excluding steroid dienone is 1. The zero-order valence-electron chi connectivity index (χ0n) is 20.3. The monoisotopic (exact) mass is 446 g/mol. The van der Waals surface area contributed by atoms with Gasteiger partial charge in [0.25, 0.3) is 0 Å². The van der Waals surface area contributed by atoms with E-state index in [0.717, 1.165) is 18.4 Å². The number of hydrogen-bond acceptors (Lipinski definition) is 4. The average Bonchev–Trinajstić information content (AvgIpc) is 2.86. The van der Waals surface area contributed by atoms with Gasteiger partial charge in [0, 0.05) is 11.6 Å². The molecule has 1 heterocycles. The maximum Gasteiger partial charge on any atom is 0.335 e. The molecule has 2 aromatic rings. The quantitative estimate of drug-likeness (QED) is 0.214. The van der Waals surface area contributed by atoms with Gasteiger partial charge in [-0.25, -0.2) is 14.8 Å². The highest BCUT2D eigenvalue weighted by atomic mass is 16.5. The number of esters is 1. The minimum atomic E-state index is -0.380. The van der Waals surface area contributed by atoms with E-state index < -0.39 is 0 Å². The topological polar surface area (TPSA) is 52.1 Å². The van der Waals surface area contributed by atoms with Gasteiger partial charge in [0.05, 0.1) is 12.4 Å². The Hall–Kier alpha value is -2.49. The predicted octanol–water partition coefficient (Wildman–Crippen LogP) is 7.58. The molecule has 1 aromatic carbocycles. The Labute approximate surface area is 198 Å². The summed E-state index contributed by atoms with van der Waals surface area (Å²) in [7, 11) is 0. The number of aromatic nitrogens is 2. The first kappa shape index (κ1) is 23.7. The van der Waals surface area contributed by atoms with Gasteiger partial charge in [-0.3, -0.25) is 0 Å². The van der Waals surface area contributed by atoms with Crippen molar-refractivity contribution in [1.82, 2.24) is 9.97 Å². The highest BCUT2D eigenvalue weighted by Crippen LogP contribution is 2.59. The molecule has 4 heteroatoms. The van der Waals surface area contributed by atoms with E-state index in [2.05, 4.69) is 48.1 Å². The zero-order valence-corrected chi connectivity index (χ0v) is 20.3. The third kappa shape index (κ3) is 5.54. The van der Waals surface area contributed by atoms with Crippen molar-refractivity contribution in [2.45, 2.75) is 96.3 Å². The molecule has 3 saturated carbocycles. The van der Waals surface area contributed by atoms with Crippen molar-refractivity contribution in [3.63, 3.8) is 0 Å². The summed E-state index contributed by atoms with van der Waals surface area (Å²) in [5, 5.41) is 0. The molecular weight excluding hydrogens is 408 g/mol. The molecule has 3 fully saturated rings. The lowest BCUT2D eigenvalue weighted by Crippen LogP contribution is -2.44. The molecule has 0 unspecified atom stereocenters. The Kier molecular flexibility index (Phi) is 7.62. The van der Waals surface area contributed by atoms with Gasteiger partial charge >= 0.3 is 5.97 Å². The third-order valence-corrected chi connectivity index (χ3v) is 8.01. The first-order chi connectivity index (χ1) is 16.1. The van der Waals surface area contributed by atoms with Gasteiger partial charge in [-0.2, -0.15) is 0 Å². The van der Waals surface area contributed by atoms with Crippen LogP contribution in [0.25, 0.3) is 11.4 Å². The molecule has 33 heavy (non-hydrogen) atoms. The molecule has 0 aliphatic heterocycles. The summed E-state index contributed by atoms with van der Waals surface area (Å²) < 4.78 is 5.32. The van der Waals surface area contributed by atoms with Crippen molar-refractivity contribution in [2.75, 3.05) is 0 Å². The molecule has 3 aliphatic rings. The number of carbonyl (C=O) groups excluding carboxylic acids is 1. The fraction of sp³-hybridized carbons (Fsp3) is 0.552. The molecule has 0 atom stereocenters. The maximum absolute atomic E-state index is 11.9. The Morgan fingerprint density at radius 3 is 2.21 bits per heavy atom. The molecule has 2 bridgehead atoms. The fourth-order valence-corrected chi connectivity index (χ4v) is 5.93. The van der Waals surface area contributed by atoms with Crippen LogP contribution < -0.4 is 4.74 Å². The van der Waals surface area contributed by atoms with Crippen molar-refractivity contribution in [3.8, 4) is 17.1 Å². The van der Waals surface area contributed by atoms with Crippen LogP contribution in [0.2, 0.25) is 0 Å². The van der Waals surface area contributed by atoms with E-state index in [1.54, 1.807) is 12.4 Å². The van der Waals surface area contributed by atoms with Crippen LogP contribution in [-0.2, 0) is 10.2 Å². The smallest absolute Gasteiger partial charge is 0.335 e. The predicted molar refractivity (Wildman–Crippen MR) is 133 cm³/mol. The fourth-order valence-electron chi connectivity index (χ4n) is 5.93. The minimum absolute atomic E-state index is 0.372. The third-order valence-electron chi connectivity index (χ3n) is 8.01.